The molecule has 1 rings (SSSR count). The minimum Gasteiger partial charge on any atom is -0.343 e. The van der Waals surface area contributed by atoms with Crippen molar-refractivity contribution >= 4 is 11.8 Å². The molecule has 0 aromatic heterocycles. The van der Waals surface area contributed by atoms with Crippen molar-refractivity contribution in [3.05, 3.63) is 0 Å². The van der Waals surface area contributed by atoms with E-state index in [1.165, 1.54) is 0 Å². The Hall–Kier alpha value is -1.06. The van der Waals surface area contributed by atoms with E-state index >= 15 is 0 Å². The summed E-state index contributed by atoms with van der Waals surface area (Å²) in [6.07, 6.45) is 3.46. The molecule has 0 aromatic rings. The summed E-state index contributed by atoms with van der Waals surface area (Å²) in [7, 11) is 0. The van der Waals surface area contributed by atoms with Crippen LogP contribution in [-0.2, 0) is 9.59 Å². The predicted molar refractivity (Wildman–Crippen MR) is 81.3 cm³/mol. The van der Waals surface area contributed by atoms with E-state index in [0.29, 0.717) is 0 Å². The average Bonchev–Trinajstić information content (AvgIpc) is 2.49. The normalized spacial score (nSPS) is 16.6. The third-order valence-corrected chi connectivity index (χ3v) is 4.57. The van der Waals surface area contributed by atoms with Crippen LogP contribution in [0.3, 0.4) is 0 Å². The van der Waals surface area contributed by atoms with Gasteiger partial charge in [-0.1, -0.05) is 13.8 Å². The van der Waals surface area contributed by atoms with E-state index in [1.54, 1.807) is 0 Å². The van der Waals surface area contributed by atoms with Crippen LogP contribution >= 0.6 is 0 Å². The minimum absolute atomic E-state index is 0.112. The number of hydrogen-bond acceptors (Lipinski definition) is 2. The van der Waals surface area contributed by atoms with Gasteiger partial charge < -0.3 is 9.80 Å². The zero-order chi connectivity index (χ0) is 15.1. The standard InChI is InChI=1S/C16H30N2O2/c1-5-13(6-2)15(19)18-11-9-14(10-12-18)16(20)17(7-3)8-4/h13-14H,5-12H2,1-4H3. The highest BCUT2D eigenvalue weighted by Gasteiger charge is 2.30. The Morgan fingerprint density at radius 1 is 1.05 bits per heavy atom. The Balaban J connectivity index is 2.51. The first-order valence-electron chi connectivity index (χ1n) is 8.16. The number of amides is 2. The summed E-state index contributed by atoms with van der Waals surface area (Å²) in [5, 5.41) is 0. The molecule has 116 valence electrons. The lowest BCUT2D eigenvalue weighted by molar-refractivity contribution is -0.142. The van der Waals surface area contributed by atoms with Crippen molar-refractivity contribution in [2.45, 2.75) is 53.4 Å². The number of rotatable bonds is 6. The molecule has 1 aliphatic rings. The third-order valence-electron chi connectivity index (χ3n) is 4.57. The summed E-state index contributed by atoms with van der Waals surface area (Å²) in [4.78, 5) is 28.5. The maximum atomic E-state index is 12.3. The van der Waals surface area contributed by atoms with Crippen LogP contribution in [0.1, 0.15) is 53.4 Å². The molecule has 0 N–H and O–H groups in total. The molecular weight excluding hydrogens is 252 g/mol. The summed E-state index contributed by atoms with van der Waals surface area (Å²) in [6.45, 7) is 11.2. The SMILES string of the molecule is CCC(CC)C(=O)N1CCC(C(=O)N(CC)CC)CC1. The van der Waals surface area contributed by atoms with Crippen LogP contribution in [0.15, 0.2) is 0 Å². The van der Waals surface area contributed by atoms with Crippen LogP contribution in [-0.4, -0.2) is 47.8 Å². The molecule has 0 aliphatic carbocycles. The smallest absolute Gasteiger partial charge is 0.225 e. The summed E-state index contributed by atoms with van der Waals surface area (Å²) in [6, 6.07) is 0. The molecule has 0 unspecified atom stereocenters. The van der Waals surface area contributed by atoms with Gasteiger partial charge in [0, 0.05) is 38.0 Å². The second-order valence-corrected chi connectivity index (χ2v) is 5.62. The zero-order valence-electron chi connectivity index (χ0n) is 13.5. The van der Waals surface area contributed by atoms with Crippen LogP contribution < -0.4 is 0 Å². The van der Waals surface area contributed by atoms with Gasteiger partial charge in [0.15, 0.2) is 0 Å². The van der Waals surface area contributed by atoms with Crippen LogP contribution in [0.2, 0.25) is 0 Å². The van der Waals surface area contributed by atoms with Crippen molar-refractivity contribution in [2.24, 2.45) is 11.8 Å². The van der Waals surface area contributed by atoms with E-state index in [-0.39, 0.29) is 23.7 Å². The van der Waals surface area contributed by atoms with Gasteiger partial charge in [0.05, 0.1) is 0 Å². The quantitative estimate of drug-likeness (QED) is 0.751. The Bertz CT molecular complexity index is 282. The highest BCUT2D eigenvalue weighted by Crippen LogP contribution is 2.22. The van der Waals surface area contributed by atoms with Crippen molar-refractivity contribution < 1.29 is 9.59 Å². The van der Waals surface area contributed by atoms with Gasteiger partial charge in [0.2, 0.25) is 11.8 Å². The highest BCUT2D eigenvalue weighted by atomic mass is 16.2. The van der Waals surface area contributed by atoms with Crippen molar-refractivity contribution in [1.29, 1.82) is 0 Å². The van der Waals surface area contributed by atoms with E-state index in [9.17, 15) is 9.59 Å². The van der Waals surface area contributed by atoms with Crippen molar-refractivity contribution in [3.8, 4) is 0 Å². The average molecular weight is 282 g/mol. The molecule has 1 aliphatic heterocycles. The first-order valence-corrected chi connectivity index (χ1v) is 8.16. The Labute approximate surface area is 123 Å². The molecule has 20 heavy (non-hydrogen) atoms. The van der Waals surface area contributed by atoms with Gasteiger partial charge in [0.25, 0.3) is 0 Å². The minimum atomic E-state index is 0.112. The van der Waals surface area contributed by atoms with Crippen molar-refractivity contribution in [3.63, 3.8) is 0 Å². The van der Waals surface area contributed by atoms with E-state index in [0.717, 1.165) is 51.9 Å². The molecule has 4 nitrogen and oxygen atoms in total. The van der Waals surface area contributed by atoms with Crippen LogP contribution in [0.5, 0.6) is 0 Å². The largest absolute Gasteiger partial charge is 0.343 e. The Morgan fingerprint density at radius 3 is 1.95 bits per heavy atom. The molecule has 1 fully saturated rings. The topological polar surface area (TPSA) is 40.6 Å². The van der Waals surface area contributed by atoms with Gasteiger partial charge in [0.1, 0.15) is 0 Å². The maximum Gasteiger partial charge on any atom is 0.225 e. The molecule has 0 radical (unpaired) electrons. The molecule has 1 saturated heterocycles. The molecule has 0 bridgehead atoms. The van der Waals surface area contributed by atoms with Crippen molar-refractivity contribution in [1.82, 2.24) is 9.80 Å². The second-order valence-electron chi connectivity index (χ2n) is 5.62. The second kappa shape index (κ2) is 8.28. The molecule has 0 aromatic carbocycles. The lowest BCUT2D eigenvalue weighted by Crippen LogP contribution is -2.45. The van der Waals surface area contributed by atoms with E-state index < -0.39 is 0 Å². The fourth-order valence-electron chi connectivity index (χ4n) is 3.04. The molecule has 2 amide bonds. The number of carbonyl (C=O) groups excluding carboxylic acids is 2. The molecule has 4 heteroatoms. The monoisotopic (exact) mass is 282 g/mol. The van der Waals surface area contributed by atoms with Gasteiger partial charge in [-0.15, -0.1) is 0 Å². The molecule has 0 spiro atoms. The molecular formula is C16H30N2O2. The molecule has 0 atom stereocenters. The fraction of sp³-hybridized carbons (Fsp3) is 0.875. The van der Waals surface area contributed by atoms with Gasteiger partial charge >= 0.3 is 0 Å². The fourth-order valence-corrected chi connectivity index (χ4v) is 3.04. The van der Waals surface area contributed by atoms with Crippen LogP contribution in [0.4, 0.5) is 0 Å². The van der Waals surface area contributed by atoms with Gasteiger partial charge in [-0.05, 0) is 39.5 Å². The first-order chi connectivity index (χ1) is 9.58. The van der Waals surface area contributed by atoms with Gasteiger partial charge in [-0.2, -0.15) is 0 Å². The highest BCUT2D eigenvalue weighted by molar-refractivity contribution is 5.81. The van der Waals surface area contributed by atoms with Gasteiger partial charge in [-0.3, -0.25) is 9.59 Å². The lowest BCUT2D eigenvalue weighted by Gasteiger charge is -2.35. The number of carbonyl (C=O) groups is 2. The van der Waals surface area contributed by atoms with Crippen LogP contribution in [0, 0.1) is 11.8 Å². The number of likely N-dealkylation sites (tertiary alicyclic amines) is 1. The maximum absolute atomic E-state index is 12.3. The zero-order valence-corrected chi connectivity index (χ0v) is 13.5. The lowest BCUT2D eigenvalue weighted by atomic mass is 9.93. The van der Waals surface area contributed by atoms with Gasteiger partial charge in [-0.25, -0.2) is 0 Å². The van der Waals surface area contributed by atoms with E-state index in [4.69, 9.17) is 0 Å². The summed E-state index contributed by atoms with van der Waals surface area (Å²) >= 11 is 0. The first kappa shape index (κ1) is 17.0. The van der Waals surface area contributed by atoms with Crippen LogP contribution in [0.25, 0.3) is 0 Å². The summed E-state index contributed by atoms with van der Waals surface area (Å²) in [5.41, 5.74) is 0. The summed E-state index contributed by atoms with van der Waals surface area (Å²) in [5.74, 6) is 0.819. The Morgan fingerprint density at radius 2 is 1.55 bits per heavy atom. The Kier molecular flexibility index (Phi) is 7.03. The van der Waals surface area contributed by atoms with Crippen molar-refractivity contribution in [2.75, 3.05) is 26.2 Å². The summed E-state index contributed by atoms with van der Waals surface area (Å²) < 4.78 is 0. The van der Waals surface area contributed by atoms with E-state index in [1.807, 2.05) is 23.6 Å². The predicted octanol–water partition coefficient (Wildman–Crippen LogP) is 2.53. The number of piperidine rings is 1. The number of hydrogen-bond donors (Lipinski definition) is 0. The number of nitrogens with zero attached hydrogens (tertiary/aromatic N) is 2. The molecule has 1 heterocycles. The van der Waals surface area contributed by atoms with E-state index in [2.05, 4.69) is 13.8 Å². The third kappa shape index (κ3) is 3.97. The molecule has 0 saturated carbocycles.